The number of methoxy groups -OCH3 is 1. The molecule has 1 N–H and O–H groups in total. The number of hydrogen-bond acceptors (Lipinski definition) is 4. The SMILES string of the molecule is COC1CC(CC(=O)O)N(C(=O)CCCOCCc2ccccc2)C1. The number of nitrogens with zero attached hydrogens (tertiary/aromatic N) is 1. The van der Waals surface area contributed by atoms with Gasteiger partial charge in [0, 0.05) is 32.7 Å². The van der Waals surface area contributed by atoms with E-state index < -0.39 is 5.97 Å². The molecule has 25 heavy (non-hydrogen) atoms. The first-order valence-corrected chi connectivity index (χ1v) is 8.76. The van der Waals surface area contributed by atoms with Gasteiger partial charge in [-0.05, 0) is 24.8 Å². The zero-order valence-electron chi connectivity index (χ0n) is 14.7. The highest BCUT2D eigenvalue weighted by Crippen LogP contribution is 2.23. The fourth-order valence-electron chi connectivity index (χ4n) is 3.15. The molecule has 1 aliphatic rings. The minimum absolute atomic E-state index is 0.0162. The van der Waals surface area contributed by atoms with Gasteiger partial charge in [0.15, 0.2) is 0 Å². The van der Waals surface area contributed by atoms with E-state index in [1.807, 2.05) is 18.2 Å². The third-order valence-electron chi connectivity index (χ3n) is 4.50. The predicted molar refractivity (Wildman–Crippen MR) is 93.4 cm³/mol. The third kappa shape index (κ3) is 6.48. The molecule has 2 atom stereocenters. The number of amides is 1. The summed E-state index contributed by atoms with van der Waals surface area (Å²) in [4.78, 5) is 25.0. The second-order valence-electron chi connectivity index (χ2n) is 6.34. The van der Waals surface area contributed by atoms with Gasteiger partial charge in [-0.1, -0.05) is 30.3 Å². The van der Waals surface area contributed by atoms with Crippen molar-refractivity contribution in [3.8, 4) is 0 Å². The second-order valence-corrected chi connectivity index (χ2v) is 6.34. The Morgan fingerprint density at radius 2 is 2.00 bits per heavy atom. The van der Waals surface area contributed by atoms with Crippen LogP contribution in [0.4, 0.5) is 0 Å². The van der Waals surface area contributed by atoms with Gasteiger partial charge in [-0.2, -0.15) is 0 Å². The number of carboxylic acid groups (broad SMARTS) is 1. The van der Waals surface area contributed by atoms with Gasteiger partial charge in [-0.15, -0.1) is 0 Å². The van der Waals surface area contributed by atoms with Gasteiger partial charge >= 0.3 is 5.97 Å². The summed E-state index contributed by atoms with van der Waals surface area (Å²) < 4.78 is 10.9. The first-order valence-electron chi connectivity index (χ1n) is 8.76. The number of hydrogen-bond donors (Lipinski definition) is 1. The molecular formula is C19H27NO5. The maximum Gasteiger partial charge on any atom is 0.305 e. The monoisotopic (exact) mass is 349 g/mol. The smallest absolute Gasteiger partial charge is 0.305 e. The fourth-order valence-corrected chi connectivity index (χ4v) is 3.15. The van der Waals surface area contributed by atoms with Crippen molar-refractivity contribution in [3.05, 3.63) is 35.9 Å². The van der Waals surface area contributed by atoms with Gasteiger partial charge in [-0.25, -0.2) is 0 Å². The van der Waals surface area contributed by atoms with Crippen molar-refractivity contribution < 1.29 is 24.2 Å². The molecular weight excluding hydrogens is 322 g/mol. The van der Waals surface area contributed by atoms with Crippen LogP contribution in [0.5, 0.6) is 0 Å². The molecule has 2 unspecified atom stereocenters. The van der Waals surface area contributed by atoms with Crippen molar-refractivity contribution in [3.63, 3.8) is 0 Å². The van der Waals surface area contributed by atoms with Crippen LogP contribution in [0, 0.1) is 0 Å². The highest BCUT2D eigenvalue weighted by atomic mass is 16.5. The van der Waals surface area contributed by atoms with Crippen molar-refractivity contribution in [2.24, 2.45) is 0 Å². The Morgan fingerprint density at radius 3 is 2.68 bits per heavy atom. The molecule has 0 saturated carbocycles. The number of carboxylic acids is 1. The van der Waals surface area contributed by atoms with E-state index in [9.17, 15) is 9.59 Å². The number of rotatable bonds is 10. The summed E-state index contributed by atoms with van der Waals surface area (Å²) in [5, 5.41) is 9.00. The average molecular weight is 349 g/mol. The Morgan fingerprint density at radius 1 is 1.24 bits per heavy atom. The molecule has 1 saturated heterocycles. The number of likely N-dealkylation sites (tertiary alicyclic amines) is 1. The first kappa shape index (κ1) is 19.4. The van der Waals surface area contributed by atoms with Crippen LogP contribution in [0.3, 0.4) is 0 Å². The molecule has 0 aromatic heterocycles. The standard InChI is InChI=1S/C19H27NO5/c1-24-17-12-16(13-19(22)23)20(14-17)18(21)8-5-10-25-11-9-15-6-3-2-4-7-15/h2-4,6-7,16-17H,5,8-14H2,1H3,(H,22,23). The Hall–Kier alpha value is -1.92. The summed E-state index contributed by atoms with van der Waals surface area (Å²) >= 11 is 0. The topological polar surface area (TPSA) is 76.1 Å². The van der Waals surface area contributed by atoms with Crippen LogP contribution in [0.2, 0.25) is 0 Å². The van der Waals surface area contributed by atoms with Crippen molar-refractivity contribution in [1.82, 2.24) is 4.90 Å². The van der Waals surface area contributed by atoms with Gasteiger partial charge in [0.1, 0.15) is 0 Å². The fraction of sp³-hybridized carbons (Fsp3) is 0.579. The molecule has 1 heterocycles. The summed E-state index contributed by atoms with van der Waals surface area (Å²) in [6, 6.07) is 9.86. The van der Waals surface area contributed by atoms with Crippen LogP contribution < -0.4 is 0 Å². The summed E-state index contributed by atoms with van der Waals surface area (Å²) in [7, 11) is 1.59. The number of aliphatic carboxylic acids is 1. The molecule has 1 fully saturated rings. The largest absolute Gasteiger partial charge is 0.481 e. The third-order valence-corrected chi connectivity index (χ3v) is 4.50. The van der Waals surface area contributed by atoms with Gasteiger partial charge in [-0.3, -0.25) is 9.59 Å². The number of carbonyl (C=O) groups excluding carboxylic acids is 1. The molecule has 0 aliphatic carbocycles. The summed E-state index contributed by atoms with van der Waals surface area (Å²) in [6.07, 6.45) is 2.35. The van der Waals surface area contributed by atoms with Crippen molar-refractivity contribution >= 4 is 11.9 Å². The Balaban J connectivity index is 1.65. The molecule has 2 rings (SSSR count). The van der Waals surface area contributed by atoms with E-state index in [-0.39, 0.29) is 24.5 Å². The second kappa shape index (κ2) is 10.2. The van der Waals surface area contributed by atoms with Crippen LogP contribution in [0.25, 0.3) is 0 Å². The molecule has 1 aliphatic heterocycles. The number of ether oxygens (including phenoxy) is 2. The van der Waals surface area contributed by atoms with E-state index in [0.717, 1.165) is 6.42 Å². The van der Waals surface area contributed by atoms with E-state index in [1.54, 1.807) is 12.0 Å². The van der Waals surface area contributed by atoms with Crippen LogP contribution in [-0.2, 0) is 25.5 Å². The normalized spacial score (nSPS) is 20.0. The molecule has 0 spiro atoms. The van der Waals surface area contributed by atoms with Crippen LogP contribution in [-0.4, -0.2) is 60.9 Å². The van der Waals surface area contributed by atoms with E-state index in [1.165, 1.54) is 5.56 Å². The van der Waals surface area contributed by atoms with Crippen molar-refractivity contribution in [2.75, 3.05) is 26.9 Å². The van der Waals surface area contributed by atoms with E-state index in [0.29, 0.717) is 39.0 Å². The highest BCUT2D eigenvalue weighted by Gasteiger charge is 2.36. The summed E-state index contributed by atoms with van der Waals surface area (Å²) in [5.74, 6) is -0.902. The molecule has 1 aromatic carbocycles. The van der Waals surface area contributed by atoms with Gasteiger partial charge in [0.05, 0.1) is 19.1 Å². The van der Waals surface area contributed by atoms with Crippen LogP contribution >= 0.6 is 0 Å². The maximum absolute atomic E-state index is 12.4. The van der Waals surface area contributed by atoms with E-state index in [4.69, 9.17) is 14.6 Å². The zero-order valence-corrected chi connectivity index (χ0v) is 14.7. The molecule has 1 amide bonds. The average Bonchev–Trinajstić information content (AvgIpc) is 3.01. The van der Waals surface area contributed by atoms with Gasteiger partial charge < -0.3 is 19.5 Å². The van der Waals surface area contributed by atoms with Crippen molar-refractivity contribution in [2.45, 2.75) is 44.2 Å². The summed E-state index contributed by atoms with van der Waals surface area (Å²) in [6.45, 7) is 1.64. The Kier molecular flexibility index (Phi) is 7.88. The Labute approximate surface area is 148 Å². The molecule has 0 radical (unpaired) electrons. The van der Waals surface area contributed by atoms with Gasteiger partial charge in [0.2, 0.25) is 5.91 Å². The lowest BCUT2D eigenvalue weighted by molar-refractivity contribution is -0.140. The minimum Gasteiger partial charge on any atom is -0.481 e. The van der Waals surface area contributed by atoms with Crippen LogP contribution in [0.15, 0.2) is 30.3 Å². The first-order chi connectivity index (χ1) is 12.1. The quantitative estimate of drug-likeness (QED) is 0.655. The van der Waals surface area contributed by atoms with Gasteiger partial charge in [0.25, 0.3) is 0 Å². The molecule has 6 heteroatoms. The molecule has 0 bridgehead atoms. The lowest BCUT2D eigenvalue weighted by Gasteiger charge is -2.23. The number of carbonyl (C=O) groups is 2. The number of benzene rings is 1. The maximum atomic E-state index is 12.4. The molecule has 138 valence electrons. The predicted octanol–water partition coefficient (Wildman–Crippen LogP) is 2.12. The van der Waals surface area contributed by atoms with E-state index >= 15 is 0 Å². The Bertz CT molecular complexity index is 548. The molecule has 6 nitrogen and oxygen atoms in total. The molecule has 1 aromatic rings. The highest BCUT2D eigenvalue weighted by molar-refractivity contribution is 5.78. The lowest BCUT2D eigenvalue weighted by Crippen LogP contribution is -2.37. The van der Waals surface area contributed by atoms with E-state index in [2.05, 4.69) is 12.1 Å². The van der Waals surface area contributed by atoms with Crippen molar-refractivity contribution in [1.29, 1.82) is 0 Å². The zero-order chi connectivity index (χ0) is 18.1. The lowest BCUT2D eigenvalue weighted by atomic mass is 10.1. The summed E-state index contributed by atoms with van der Waals surface area (Å²) in [5.41, 5.74) is 1.23. The minimum atomic E-state index is -0.885. The van der Waals surface area contributed by atoms with Crippen LogP contribution in [0.1, 0.15) is 31.2 Å².